The summed E-state index contributed by atoms with van der Waals surface area (Å²) in [5.74, 6) is 1.14. The summed E-state index contributed by atoms with van der Waals surface area (Å²) < 4.78 is 0. The number of nitrogens with one attached hydrogen (secondary N) is 2. The third kappa shape index (κ3) is 5.44. The van der Waals surface area contributed by atoms with E-state index in [1.54, 1.807) is 6.20 Å². The molecule has 0 radical (unpaired) electrons. The zero-order valence-corrected chi connectivity index (χ0v) is 19.9. The molecule has 3 heterocycles. The third-order valence-electron chi connectivity index (χ3n) is 7.33. The van der Waals surface area contributed by atoms with Crippen molar-refractivity contribution >= 4 is 34.1 Å². The van der Waals surface area contributed by atoms with Gasteiger partial charge in [0.25, 0.3) is 5.56 Å². The van der Waals surface area contributed by atoms with Crippen LogP contribution in [0, 0.1) is 5.92 Å². The Labute approximate surface area is 204 Å². The van der Waals surface area contributed by atoms with Crippen molar-refractivity contribution in [1.82, 2.24) is 20.2 Å². The van der Waals surface area contributed by atoms with Gasteiger partial charge in [0.2, 0.25) is 0 Å². The largest absolute Gasteiger partial charge is 0.481 e. The molecular weight excluding hydrogens is 444 g/mol. The van der Waals surface area contributed by atoms with Crippen molar-refractivity contribution in [2.24, 2.45) is 5.92 Å². The van der Waals surface area contributed by atoms with Crippen molar-refractivity contribution < 1.29 is 9.90 Å². The summed E-state index contributed by atoms with van der Waals surface area (Å²) in [7, 11) is 0. The van der Waals surface area contributed by atoms with Gasteiger partial charge < -0.3 is 15.3 Å². The molecule has 2 fully saturated rings. The predicted octanol–water partition coefficient (Wildman–Crippen LogP) is 4.59. The Balaban J connectivity index is 1.36. The molecular formula is C26H32N6O3. The minimum atomic E-state index is -0.715. The quantitative estimate of drug-likeness (QED) is 0.442. The fourth-order valence-corrected chi connectivity index (χ4v) is 5.37. The lowest BCUT2D eigenvalue weighted by atomic mass is 9.93. The van der Waals surface area contributed by atoms with Crippen LogP contribution in [0.15, 0.2) is 35.3 Å². The Kier molecular flexibility index (Phi) is 6.92. The number of carboxylic acid groups (broad SMARTS) is 1. The van der Waals surface area contributed by atoms with Gasteiger partial charge in [0.15, 0.2) is 0 Å². The number of benzene rings is 1. The highest BCUT2D eigenvalue weighted by Gasteiger charge is 2.22. The maximum Gasteiger partial charge on any atom is 0.303 e. The first kappa shape index (κ1) is 23.3. The average molecular weight is 477 g/mol. The number of piperidine rings is 1. The van der Waals surface area contributed by atoms with Crippen molar-refractivity contribution in [2.75, 3.05) is 23.3 Å². The molecule has 0 spiro atoms. The average Bonchev–Trinajstić information content (AvgIpc) is 3.14. The molecule has 5 rings (SSSR count). The SMILES string of the molecule is O=C(O)CC1CCN(c2ccc(Nc3nc(C4CCCCCC4)nc4cn[nH]c(=O)c34)cc2)CC1. The minimum absolute atomic E-state index is 0.251. The topological polar surface area (TPSA) is 124 Å². The van der Waals surface area contributed by atoms with Crippen LogP contribution in [0.3, 0.4) is 0 Å². The molecule has 3 N–H and O–H groups in total. The van der Waals surface area contributed by atoms with Gasteiger partial charge in [0.1, 0.15) is 22.5 Å². The van der Waals surface area contributed by atoms with E-state index in [-0.39, 0.29) is 17.9 Å². The highest BCUT2D eigenvalue weighted by Crippen LogP contribution is 2.32. The van der Waals surface area contributed by atoms with Gasteiger partial charge in [0.05, 0.1) is 6.20 Å². The van der Waals surface area contributed by atoms with E-state index in [0.717, 1.165) is 56.0 Å². The van der Waals surface area contributed by atoms with E-state index in [4.69, 9.17) is 15.1 Å². The van der Waals surface area contributed by atoms with E-state index in [9.17, 15) is 9.59 Å². The fraction of sp³-hybridized carbons (Fsp3) is 0.500. The second-order valence-electron chi connectivity index (χ2n) is 9.78. The second-order valence-corrected chi connectivity index (χ2v) is 9.78. The third-order valence-corrected chi connectivity index (χ3v) is 7.33. The van der Waals surface area contributed by atoms with Gasteiger partial charge in [-0.05, 0) is 55.9 Å². The normalized spacial score (nSPS) is 17.9. The number of hydrogen-bond donors (Lipinski definition) is 3. The van der Waals surface area contributed by atoms with Crippen LogP contribution in [0.5, 0.6) is 0 Å². The summed E-state index contributed by atoms with van der Waals surface area (Å²) in [5, 5.41) is 19.3. The van der Waals surface area contributed by atoms with Crippen LogP contribution in [0.4, 0.5) is 17.2 Å². The lowest BCUT2D eigenvalue weighted by molar-refractivity contribution is -0.138. The summed E-state index contributed by atoms with van der Waals surface area (Å²) in [5.41, 5.74) is 2.21. The van der Waals surface area contributed by atoms with Crippen molar-refractivity contribution in [3.8, 4) is 0 Å². The lowest BCUT2D eigenvalue weighted by Gasteiger charge is -2.33. The van der Waals surface area contributed by atoms with Crippen LogP contribution in [0.2, 0.25) is 0 Å². The van der Waals surface area contributed by atoms with Gasteiger partial charge >= 0.3 is 5.97 Å². The van der Waals surface area contributed by atoms with Crippen LogP contribution < -0.4 is 15.8 Å². The number of anilines is 3. The number of aromatic nitrogens is 4. The Hall–Kier alpha value is -3.49. The number of hydrogen-bond acceptors (Lipinski definition) is 7. The molecule has 2 aliphatic rings. The van der Waals surface area contributed by atoms with E-state index < -0.39 is 5.97 Å². The van der Waals surface area contributed by atoms with Crippen molar-refractivity contribution in [3.63, 3.8) is 0 Å². The zero-order chi connectivity index (χ0) is 24.2. The van der Waals surface area contributed by atoms with Gasteiger partial charge in [-0.25, -0.2) is 15.1 Å². The summed E-state index contributed by atoms with van der Waals surface area (Å²) >= 11 is 0. The van der Waals surface area contributed by atoms with E-state index in [1.165, 1.54) is 25.7 Å². The maximum absolute atomic E-state index is 12.6. The molecule has 9 nitrogen and oxygen atoms in total. The Morgan fingerprint density at radius 3 is 2.43 bits per heavy atom. The van der Waals surface area contributed by atoms with Gasteiger partial charge in [0, 0.05) is 36.8 Å². The molecule has 0 atom stereocenters. The molecule has 1 saturated heterocycles. The number of carboxylic acids is 1. The highest BCUT2D eigenvalue weighted by atomic mass is 16.4. The number of aromatic amines is 1. The second kappa shape index (κ2) is 10.4. The first-order chi connectivity index (χ1) is 17.1. The molecule has 1 aliphatic carbocycles. The number of aliphatic carboxylic acids is 1. The molecule has 0 unspecified atom stereocenters. The Morgan fingerprint density at radius 1 is 1.03 bits per heavy atom. The monoisotopic (exact) mass is 476 g/mol. The number of carbonyl (C=O) groups is 1. The van der Waals surface area contributed by atoms with Gasteiger partial charge in [-0.2, -0.15) is 5.10 Å². The molecule has 2 aromatic heterocycles. The first-order valence-corrected chi connectivity index (χ1v) is 12.7. The van der Waals surface area contributed by atoms with Crippen LogP contribution in [0.25, 0.3) is 10.9 Å². The lowest BCUT2D eigenvalue weighted by Crippen LogP contribution is -2.34. The first-order valence-electron chi connectivity index (χ1n) is 12.7. The molecule has 1 aromatic carbocycles. The van der Waals surface area contributed by atoms with E-state index >= 15 is 0 Å². The van der Waals surface area contributed by atoms with E-state index in [2.05, 4.69) is 32.5 Å². The summed E-state index contributed by atoms with van der Waals surface area (Å²) in [6.07, 6.45) is 10.6. The zero-order valence-electron chi connectivity index (χ0n) is 19.9. The number of nitrogens with zero attached hydrogens (tertiary/aromatic N) is 4. The molecule has 184 valence electrons. The highest BCUT2D eigenvalue weighted by molar-refractivity contribution is 5.89. The van der Waals surface area contributed by atoms with Crippen LogP contribution in [-0.4, -0.2) is 44.3 Å². The maximum atomic E-state index is 12.6. The van der Waals surface area contributed by atoms with E-state index in [1.807, 2.05) is 12.1 Å². The fourth-order valence-electron chi connectivity index (χ4n) is 5.37. The summed E-state index contributed by atoms with van der Waals surface area (Å²) in [4.78, 5) is 35.4. The van der Waals surface area contributed by atoms with E-state index in [0.29, 0.717) is 22.6 Å². The number of rotatable bonds is 6. The minimum Gasteiger partial charge on any atom is -0.481 e. The van der Waals surface area contributed by atoms with Crippen molar-refractivity contribution in [3.05, 3.63) is 46.6 Å². The smallest absolute Gasteiger partial charge is 0.303 e. The van der Waals surface area contributed by atoms with Gasteiger partial charge in [-0.3, -0.25) is 9.59 Å². The van der Waals surface area contributed by atoms with Crippen LogP contribution >= 0.6 is 0 Å². The Bertz CT molecular complexity index is 1230. The number of H-pyrrole nitrogens is 1. The van der Waals surface area contributed by atoms with Gasteiger partial charge in [-0.15, -0.1) is 0 Å². The molecule has 0 bridgehead atoms. The van der Waals surface area contributed by atoms with Crippen LogP contribution in [-0.2, 0) is 4.79 Å². The van der Waals surface area contributed by atoms with Gasteiger partial charge in [-0.1, -0.05) is 25.7 Å². The Morgan fingerprint density at radius 2 is 1.74 bits per heavy atom. The molecule has 3 aromatic rings. The molecule has 1 saturated carbocycles. The standard InChI is InChI=1S/C26H32N6O3/c33-22(34)15-17-11-13-32(14-12-17)20-9-7-19(8-10-20)28-25-23-21(16-27-31-26(23)35)29-24(30-25)18-5-3-1-2-4-6-18/h7-10,16-18H,1-6,11-15H2,(H,31,35)(H,33,34)(H,28,29,30). The molecule has 9 heteroatoms. The van der Waals surface area contributed by atoms with Crippen LogP contribution in [0.1, 0.15) is 69.5 Å². The summed E-state index contributed by atoms with van der Waals surface area (Å²) in [6, 6.07) is 8.10. The van der Waals surface area contributed by atoms with Crippen molar-refractivity contribution in [1.29, 1.82) is 0 Å². The summed E-state index contributed by atoms with van der Waals surface area (Å²) in [6.45, 7) is 1.71. The van der Waals surface area contributed by atoms with Crippen molar-refractivity contribution in [2.45, 2.75) is 63.7 Å². The molecule has 0 amide bonds. The molecule has 35 heavy (non-hydrogen) atoms. The molecule has 1 aliphatic heterocycles. The predicted molar refractivity (Wildman–Crippen MR) is 135 cm³/mol. The number of fused-ring (bicyclic) bond motifs is 1.